The molecule has 0 aliphatic heterocycles. The van der Waals surface area contributed by atoms with Crippen molar-refractivity contribution in [3.05, 3.63) is 100 Å². The molecule has 0 saturated carbocycles. The molecule has 2 amide bonds. The van der Waals surface area contributed by atoms with E-state index in [1.165, 1.54) is 23.1 Å². The lowest BCUT2D eigenvalue weighted by atomic mass is 10.0. The molecule has 4 aromatic rings. The molecular formula is C30H28N2O4S2. The molecule has 4 rings (SSSR count). The normalized spacial score (nSPS) is 10.6. The third kappa shape index (κ3) is 6.70. The Morgan fingerprint density at radius 2 is 1.68 bits per heavy atom. The van der Waals surface area contributed by atoms with E-state index in [9.17, 15) is 14.4 Å². The molecule has 0 unspecified atom stereocenters. The number of carbonyl (C=O) groups is 3. The van der Waals surface area contributed by atoms with Crippen molar-refractivity contribution >= 4 is 51.6 Å². The number of thioether (sulfide) groups is 1. The van der Waals surface area contributed by atoms with Crippen LogP contribution in [0, 0.1) is 13.8 Å². The maximum Gasteiger partial charge on any atom is 0.341 e. The summed E-state index contributed by atoms with van der Waals surface area (Å²) in [5.41, 5.74) is 5.25. The second-order valence-electron chi connectivity index (χ2n) is 8.57. The smallest absolute Gasteiger partial charge is 0.341 e. The SMILES string of the molecule is CCOC(=O)c1c(-c2ccc(C)cc2)csc1NC(=O)CSc1cccc(NC(=O)c2ccccc2C)c1. The fourth-order valence-electron chi connectivity index (χ4n) is 3.80. The number of rotatable bonds is 9. The van der Waals surface area contributed by atoms with Gasteiger partial charge in [-0.3, -0.25) is 9.59 Å². The van der Waals surface area contributed by atoms with Gasteiger partial charge < -0.3 is 15.4 Å². The van der Waals surface area contributed by atoms with E-state index in [4.69, 9.17) is 4.74 Å². The summed E-state index contributed by atoms with van der Waals surface area (Å²) in [5.74, 6) is -0.761. The molecule has 194 valence electrons. The lowest BCUT2D eigenvalue weighted by molar-refractivity contribution is -0.113. The zero-order valence-electron chi connectivity index (χ0n) is 21.4. The van der Waals surface area contributed by atoms with Gasteiger partial charge in [0.2, 0.25) is 5.91 Å². The van der Waals surface area contributed by atoms with E-state index in [0.717, 1.165) is 27.1 Å². The van der Waals surface area contributed by atoms with Crippen molar-refractivity contribution < 1.29 is 19.1 Å². The first-order valence-corrected chi connectivity index (χ1v) is 14.0. The van der Waals surface area contributed by atoms with Crippen molar-refractivity contribution in [2.45, 2.75) is 25.7 Å². The van der Waals surface area contributed by atoms with E-state index in [-0.39, 0.29) is 24.2 Å². The van der Waals surface area contributed by atoms with Gasteiger partial charge in [-0.15, -0.1) is 23.1 Å². The third-order valence-corrected chi connectivity index (χ3v) is 7.63. The van der Waals surface area contributed by atoms with Gasteiger partial charge in [0.25, 0.3) is 5.91 Å². The molecule has 6 nitrogen and oxygen atoms in total. The van der Waals surface area contributed by atoms with Crippen LogP contribution in [0.5, 0.6) is 0 Å². The molecule has 3 aromatic carbocycles. The van der Waals surface area contributed by atoms with Gasteiger partial charge in [0.1, 0.15) is 10.6 Å². The number of nitrogens with one attached hydrogen (secondary N) is 2. The highest BCUT2D eigenvalue weighted by Crippen LogP contribution is 2.36. The van der Waals surface area contributed by atoms with E-state index >= 15 is 0 Å². The Morgan fingerprint density at radius 3 is 2.42 bits per heavy atom. The summed E-state index contributed by atoms with van der Waals surface area (Å²) < 4.78 is 5.28. The number of ether oxygens (including phenoxy) is 1. The van der Waals surface area contributed by atoms with Crippen LogP contribution in [-0.2, 0) is 9.53 Å². The second kappa shape index (κ2) is 12.6. The van der Waals surface area contributed by atoms with Gasteiger partial charge in [0.05, 0.1) is 12.4 Å². The van der Waals surface area contributed by atoms with E-state index in [2.05, 4.69) is 10.6 Å². The molecular weight excluding hydrogens is 516 g/mol. The quantitative estimate of drug-likeness (QED) is 0.172. The number of hydrogen-bond acceptors (Lipinski definition) is 6. The van der Waals surface area contributed by atoms with Gasteiger partial charge in [-0.25, -0.2) is 4.79 Å². The molecule has 0 saturated heterocycles. The zero-order valence-corrected chi connectivity index (χ0v) is 23.0. The van der Waals surface area contributed by atoms with Crippen molar-refractivity contribution in [2.24, 2.45) is 0 Å². The predicted molar refractivity (Wildman–Crippen MR) is 155 cm³/mol. The van der Waals surface area contributed by atoms with E-state index in [1.807, 2.05) is 86.0 Å². The average molecular weight is 545 g/mol. The average Bonchev–Trinajstić information content (AvgIpc) is 3.32. The van der Waals surface area contributed by atoms with Crippen LogP contribution in [-0.4, -0.2) is 30.1 Å². The molecule has 0 aliphatic carbocycles. The molecule has 0 aliphatic rings. The second-order valence-corrected chi connectivity index (χ2v) is 10.5. The highest BCUT2D eigenvalue weighted by molar-refractivity contribution is 8.00. The van der Waals surface area contributed by atoms with Crippen LogP contribution in [0.4, 0.5) is 10.7 Å². The zero-order chi connectivity index (χ0) is 27.1. The van der Waals surface area contributed by atoms with Crippen LogP contribution in [0.25, 0.3) is 11.1 Å². The van der Waals surface area contributed by atoms with Crippen LogP contribution >= 0.6 is 23.1 Å². The van der Waals surface area contributed by atoms with E-state index in [0.29, 0.717) is 21.8 Å². The standard InChI is InChI=1S/C30H28N2O4S2/c1-4-36-30(35)27-25(21-14-12-19(2)13-15-21)17-38-29(27)32-26(33)18-37-23-10-7-9-22(16-23)31-28(34)24-11-6-5-8-20(24)3/h5-17H,4,18H2,1-3H3,(H,31,34)(H,32,33). The number of anilines is 2. The summed E-state index contributed by atoms with van der Waals surface area (Å²) in [7, 11) is 0. The maximum atomic E-state index is 12.8. The summed E-state index contributed by atoms with van der Waals surface area (Å²) in [4.78, 5) is 39.1. The Morgan fingerprint density at radius 1 is 0.921 bits per heavy atom. The van der Waals surface area contributed by atoms with Gasteiger partial charge in [-0.1, -0.05) is 54.1 Å². The first kappa shape index (κ1) is 27.2. The minimum atomic E-state index is -0.468. The van der Waals surface area contributed by atoms with Gasteiger partial charge >= 0.3 is 5.97 Å². The Bertz CT molecular complexity index is 1460. The number of esters is 1. The molecule has 0 radical (unpaired) electrons. The number of thiophene rings is 1. The highest BCUT2D eigenvalue weighted by Gasteiger charge is 2.23. The number of benzene rings is 3. The monoisotopic (exact) mass is 544 g/mol. The maximum absolute atomic E-state index is 12.8. The van der Waals surface area contributed by atoms with Gasteiger partial charge in [0.15, 0.2) is 0 Å². The Hall–Kier alpha value is -3.88. The molecule has 0 bridgehead atoms. The van der Waals surface area contributed by atoms with Crippen LogP contribution in [0.1, 0.15) is 38.8 Å². The first-order chi connectivity index (χ1) is 18.4. The topological polar surface area (TPSA) is 84.5 Å². The first-order valence-electron chi connectivity index (χ1n) is 12.1. The fourth-order valence-corrected chi connectivity index (χ4v) is 5.53. The van der Waals surface area contributed by atoms with Crippen LogP contribution in [0.15, 0.2) is 83.1 Å². The van der Waals surface area contributed by atoms with Crippen molar-refractivity contribution in [1.82, 2.24) is 0 Å². The lowest BCUT2D eigenvalue weighted by Gasteiger charge is -2.10. The fraction of sp³-hybridized carbons (Fsp3) is 0.167. The molecule has 1 heterocycles. The molecule has 8 heteroatoms. The van der Waals surface area contributed by atoms with Crippen molar-refractivity contribution in [2.75, 3.05) is 23.0 Å². The summed E-state index contributed by atoms with van der Waals surface area (Å²) in [6.07, 6.45) is 0. The van der Waals surface area contributed by atoms with Crippen molar-refractivity contribution in [1.29, 1.82) is 0 Å². The molecule has 1 aromatic heterocycles. The molecule has 2 N–H and O–H groups in total. The Kier molecular flexibility index (Phi) is 8.99. The molecule has 0 fully saturated rings. The highest BCUT2D eigenvalue weighted by atomic mass is 32.2. The number of amides is 2. The van der Waals surface area contributed by atoms with Crippen LogP contribution in [0.2, 0.25) is 0 Å². The largest absolute Gasteiger partial charge is 0.462 e. The summed E-state index contributed by atoms with van der Waals surface area (Å²) in [6, 6.07) is 22.6. The van der Waals surface area contributed by atoms with Gasteiger partial charge in [-0.2, -0.15) is 0 Å². The van der Waals surface area contributed by atoms with Crippen molar-refractivity contribution in [3.8, 4) is 11.1 Å². The Labute approximate surface area is 230 Å². The molecule has 38 heavy (non-hydrogen) atoms. The van der Waals surface area contributed by atoms with Crippen LogP contribution < -0.4 is 10.6 Å². The Balaban J connectivity index is 1.43. The minimum absolute atomic E-state index is 0.134. The molecule has 0 atom stereocenters. The summed E-state index contributed by atoms with van der Waals surface area (Å²) >= 11 is 2.64. The molecule has 0 spiro atoms. The summed E-state index contributed by atoms with van der Waals surface area (Å²) in [6.45, 7) is 5.88. The lowest BCUT2D eigenvalue weighted by Crippen LogP contribution is -2.16. The van der Waals surface area contributed by atoms with Gasteiger partial charge in [-0.05, 0) is 56.2 Å². The number of hydrogen-bond donors (Lipinski definition) is 2. The van der Waals surface area contributed by atoms with Gasteiger partial charge in [0, 0.05) is 27.1 Å². The van der Waals surface area contributed by atoms with E-state index < -0.39 is 5.97 Å². The van der Waals surface area contributed by atoms with E-state index in [1.54, 1.807) is 13.0 Å². The minimum Gasteiger partial charge on any atom is -0.462 e. The number of aryl methyl sites for hydroxylation is 2. The third-order valence-electron chi connectivity index (χ3n) is 5.74. The van der Waals surface area contributed by atoms with Crippen LogP contribution in [0.3, 0.4) is 0 Å². The summed E-state index contributed by atoms with van der Waals surface area (Å²) in [5, 5.41) is 8.13. The van der Waals surface area contributed by atoms with Crippen molar-refractivity contribution in [3.63, 3.8) is 0 Å². The number of carbonyl (C=O) groups excluding carboxylic acids is 3. The predicted octanol–water partition coefficient (Wildman–Crippen LogP) is 7.19.